The summed E-state index contributed by atoms with van der Waals surface area (Å²) in [5, 5.41) is 12.0. The van der Waals surface area contributed by atoms with Gasteiger partial charge in [-0.3, -0.25) is 4.79 Å². The van der Waals surface area contributed by atoms with E-state index in [1.165, 1.54) is 6.07 Å². The number of carbonyl (C=O) groups is 1. The summed E-state index contributed by atoms with van der Waals surface area (Å²) in [5.74, 6) is 0.00634. The molecule has 0 aliphatic carbocycles. The highest BCUT2D eigenvalue weighted by atomic mass is 16.3. The SMILES string of the molecule is CNc1ccc(C=O)c(O)c1. The Morgan fingerprint density at radius 3 is 2.73 bits per heavy atom. The molecule has 3 nitrogen and oxygen atoms in total. The monoisotopic (exact) mass is 151 g/mol. The number of aromatic hydroxyl groups is 1. The highest BCUT2D eigenvalue weighted by Crippen LogP contribution is 2.19. The lowest BCUT2D eigenvalue weighted by Crippen LogP contribution is -1.88. The largest absolute Gasteiger partial charge is 0.507 e. The molecule has 0 spiro atoms. The quantitative estimate of drug-likeness (QED) is 0.625. The van der Waals surface area contributed by atoms with Crippen LogP contribution in [0.1, 0.15) is 10.4 Å². The van der Waals surface area contributed by atoms with Crippen molar-refractivity contribution in [1.29, 1.82) is 0 Å². The maximum Gasteiger partial charge on any atom is 0.153 e. The zero-order chi connectivity index (χ0) is 8.27. The molecule has 0 radical (unpaired) electrons. The van der Waals surface area contributed by atoms with E-state index in [0.717, 1.165) is 5.69 Å². The summed E-state index contributed by atoms with van der Waals surface area (Å²) < 4.78 is 0. The molecule has 1 rings (SSSR count). The lowest BCUT2D eigenvalue weighted by atomic mass is 10.2. The number of hydrogen-bond donors (Lipinski definition) is 2. The molecule has 0 atom stereocenters. The van der Waals surface area contributed by atoms with Gasteiger partial charge in [0.05, 0.1) is 5.56 Å². The van der Waals surface area contributed by atoms with Crippen LogP contribution >= 0.6 is 0 Å². The number of phenols is 1. The number of phenolic OH excluding ortho intramolecular Hbond substituents is 1. The number of anilines is 1. The van der Waals surface area contributed by atoms with Gasteiger partial charge in [0.1, 0.15) is 5.75 Å². The van der Waals surface area contributed by atoms with E-state index in [9.17, 15) is 4.79 Å². The van der Waals surface area contributed by atoms with Crippen LogP contribution in [0, 0.1) is 0 Å². The molecule has 11 heavy (non-hydrogen) atoms. The predicted molar refractivity (Wildman–Crippen MR) is 43.0 cm³/mol. The van der Waals surface area contributed by atoms with Gasteiger partial charge in [0.25, 0.3) is 0 Å². The third-order valence-corrected chi connectivity index (χ3v) is 1.45. The molecule has 0 unspecified atom stereocenters. The van der Waals surface area contributed by atoms with E-state index >= 15 is 0 Å². The van der Waals surface area contributed by atoms with Crippen molar-refractivity contribution < 1.29 is 9.90 Å². The van der Waals surface area contributed by atoms with E-state index in [-0.39, 0.29) is 5.75 Å². The number of carbonyl (C=O) groups excluding carboxylic acids is 1. The number of rotatable bonds is 2. The van der Waals surface area contributed by atoms with Crippen molar-refractivity contribution >= 4 is 12.0 Å². The third kappa shape index (κ3) is 1.49. The van der Waals surface area contributed by atoms with Gasteiger partial charge in [-0.1, -0.05) is 0 Å². The Bertz CT molecular complexity index is 271. The first-order valence-corrected chi connectivity index (χ1v) is 3.24. The summed E-state index contributed by atoms with van der Waals surface area (Å²) in [4.78, 5) is 10.2. The van der Waals surface area contributed by atoms with Crippen LogP contribution in [0.25, 0.3) is 0 Å². The normalized spacial score (nSPS) is 9.18. The molecular weight excluding hydrogens is 142 g/mol. The molecule has 0 aliphatic rings. The number of hydrogen-bond acceptors (Lipinski definition) is 3. The van der Waals surface area contributed by atoms with Crippen LogP contribution in [0.5, 0.6) is 5.75 Å². The molecule has 0 bridgehead atoms. The fraction of sp³-hybridized carbons (Fsp3) is 0.125. The van der Waals surface area contributed by atoms with Gasteiger partial charge in [0.15, 0.2) is 6.29 Å². The van der Waals surface area contributed by atoms with Gasteiger partial charge in [-0.05, 0) is 12.1 Å². The number of nitrogens with one attached hydrogen (secondary N) is 1. The molecule has 3 heteroatoms. The summed E-state index contributed by atoms with van der Waals surface area (Å²) in [6, 6.07) is 4.79. The third-order valence-electron chi connectivity index (χ3n) is 1.45. The smallest absolute Gasteiger partial charge is 0.153 e. The molecule has 58 valence electrons. The minimum absolute atomic E-state index is 0.00634. The molecule has 0 amide bonds. The van der Waals surface area contributed by atoms with E-state index in [0.29, 0.717) is 11.8 Å². The van der Waals surface area contributed by atoms with E-state index in [1.54, 1.807) is 19.2 Å². The molecular formula is C8H9NO2. The Hall–Kier alpha value is -1.51. The molecule has 0 heterocycles. The number of benzene rings is 1. The highest BCUT2D eigenvalue weighted by Gasteiger charge is 1.98. The van der Waals surface area contributed by atoms with Gasteiger partial charge in [0.2, 0.25) is 0 Å². The predicted octanol–water partition coefficient (Wildman–Crippen LogP) is 1.25. The van der Waals surface area contributed by atoms with Crippen molar-refractivity contribution in [3.63, 3.8) is 0 Å². The summed E-state index contributed by atoms with van der Waals surface area (Å²) in [6.45, 7) is 0. The van der Waals surface area contributed by atoms with E-state index in [1.807, 2.05) is 0 Å². The lowest BCUT2D eigenvalue weighted by Gasteiger charge is -2.01. The Morgan fingerprint density at radius 1 is 1.55 bits per heavy atom. The Labute approximate surface area is 64.7 Å². The Balaban J connectivity index is 3.09. The van der Waals surface area contributed by atoms with Crippen LogP contribution in [0.3, 0.4) is 0 Å². The van der Waals surface area contributed by atoms with Crippen LogP contribution in [-0.2, 0) is 0 Å². The van der Waals surface area contributed by atoms with Crippen LogP contribution in [0.15, 0.2) is 18.2 Å². The second-order valence-corrected chi connectivity index (χ2v) is 2.14. The summed E-state index contributed by atoms with van der Waals surface area (Å²) in [6.07, 6.45) is 0.620. The van der Waals surface area contributed by atoms with Crippen LogP contribution in [0.2, 0.25) is 0 Å². The van der Waals surface area contributed by atoms with Gasteiger partial charge < -0.3 is 10.4 Å². The summed E-state index contributed by atoms with van der Waals surface area (Å²) >= 11 is 0. The van der Waals surface area contributed by atoms with E-state index in [4.69, 9.17) is 5.11 Å². The van der Waals surface area contributed by atoms with Crippen molar-refractivity contribution in [1.82, 2.24) is 0 Å². The second kappa shape index (κ2) is 3.05. The summed E-state index contributed by atoms with van der Waals surface area (Å²) in [5.41, 5.74) is 1.09. The zero-order valence-corrected chi connectivity index (χ0v) is 6.16. The maximum absolute atomic E-state index is 10.2. The van der Waals surface area contributed by atoms with Crippen LogP contribution < -0.4 is 5.32 Å². The Morgan fingerprint density at radius 2 is 2.27 bits per heavy atom. The molecule has 2 N–H and O–H groups in total. The van der Waals surface area contributed by atoms with Crippen molar-refractivity contribution in [2.24, 2.45) is 0 Å². The average molecular weight is 151 g/mol. The van der Waals surface area contributed by atoms with Crippen molar-refractivity contribution in [3.05, 3.63) is 23.8 Å². The van der Waals surface area contributed by atoms with E-state index < -0.39 is 0 Å². The first kappa shape index (κ1) is 7.60. The topological polar surface area (TPSA) is 49.3 Å². The van der Waals surface area contributed by atoms with Gasteiger partial charge in [0, 0.05) is 18.8 Å². The molecule has 0 saturated heterocycles. The molecule has 0 aromatic heterocycles. The van der Waals surface area contributed by atoms with Gasteiger partial charge in [-0.15, -0.1) is 0 Å². The molecule has 0 saturated carbocycles. The molecule has 0 aliphatic heterocycles. The van der Waals surface area contributed by atoms with E-state index in [2.05, 4.69) is 5.32 Å². The second-order valence-electron chi connectivity index (χ2n) is 2.14. The van der Waals surface area contributed by atoms with Crippen LogP contribution in [0.4, 0.5) is 5.69 Å². The highest BCUT2D eigenvalue weighted by molar-refractivity contribution is 5.80. The first-order valence-electron chi connectivity index (χ1n) is 3.24. The standard InChI is InChI=1S/C8H9NO2/c1-9-7-3-2-6(5-10)8(11)4-7/h2-5,9,11H,1H3. The minimum atomic E-state index is 0.00634. The average Bonchev–Trinajstić information content (AvgIpc) is 2.04. The van der Waals surface area contributed by atoms with Crippen molar-refractivity contribution in [2.75, 3.05) is 12.4 Å². The molecule has 0 fully saturated rings. The fourth-order valence-electron chi connectivity index (χ4n) is 0.799. The van der Waals surface area contributed by atoms with Gasteiger partial charge in [-0.25, -0.2) is 0 Å². The first-order chi connectivity index (χ1) is 5.27. The fourth-order valence-corrected chi connectivity index (χ4v) is 0.799. The maximum atomic E-state index is 10.2. The molecule has 1 aromatic rings. The Kier molecular flexibility index (Phi) is 2.11. The summed E-state index contributed by atoms with van der Waals surface area (Å²) in [7, 11) is 1.75. The molecule has 1 aromatic carbocycles. The lowest BCUT2D eigenvalue weighted by molar-refractivity contribution is 0.112. The van der Waals surface area contributed by atoms with Gasteiger partial charge >= 0.3 is 0 Å². The van der Waals surface area contributed by atoms with Gasteiger partial charge in [-0.2, -0.15) is 0 Å². The van der Waals surface area contributed by atoms with Crippen molar-refractivity contribution in [3.8, 4) is 5.75 Å². The number of aldehydes is 1. The van der Waals surface area contributed by atoms with Crippen molar-refractivity contribution in [2.45, 2.75) is 0 Å². The van der Waals surface area contributed by atoms with Crippen LogP contribution in [-0.4, -0.2) is 18.4 Å². The zero-order valence-electron chi connectivity index (χ0n) is 6.16. The minimum Gasteiger partial charge on any atom is -0.507 e.